The SMILES string of the molecule is N#Cc1cc(CCC(=O)O)cc(C(O)C(=O)O)c1. The van der Waals surface area contributed by atoms with E-state index in [-0.39, 0.29) is 24.0 Å². The van der Waals surface area contributed by atoms with Gasteiger partial charge in [0.15, 0.2) is 6.10 Å². The van der Waals surface area contributed by atoms with E-state index in [1.54, 1.807) is 0 Å². The molecule has 0 amide bonds. The molecule has 0 aliphatic heterocycles. The first-order valence-electron chi connectivity index (χ1n) is 5.10. The smallest absolute Gasteiger partial charge is 0.337 e. The van der Waals surface area contributed by atoms with Gasteiger partial charge in [-0.1, -0.05) is 6.07 Å². The van der Waals surface area contributed by atoms with E-state index in [1.807, 2.05) is 6.07 Å². The van der Waals surface area contributed by atoms with Crippen LogP contribution in [0.5, 0.6) is 0 Å². The second kappa shape index (κ2) is 5.80. The summed E-state index contributed by atoms with van der Waals surface area (Å²) in [5, 5.41) is 35.4. The van der Waals surface area contributed by atoms with Gasteiger partial charge in [0.05, 0.1) is 11.6 Å². The highest BCUT2D eigenvalue weighted by molar-refractivity contribution is 5.74. The Hall–Kier alpha value is -2.39. The van der Waals surface area contributed by atoms with Crippen LogP contribution in [0.2, 0.25) is 0 Å². The molecule has 0 saturated heterocycles. The van der Waals surface area contributed by atoms with Crippen LogP contribution < -0.4 is 0 Å². The van der Waals surface area contributed by atoms with E-state index in [1.165, 1.54) is 18.2 Å². The molecule has 0 spiro atoms. The summed E-state index contributed by atoms with van der Waals surface area (Å²) in [4.78, 5) is 21.1. The third kappa shape index (κ3) is 3.57. The van der Waals surface area contributed by atoms with Gasteiger partial charge in [-0.3, -0.25) is 4.79 Å². The number of rotatable bonds is 5. The maximum absolute atomic E-state index is 10.6. The Labute approximate surface area is 103 Å². The number of hydrogen-bond donors (Lipinski definition) is 3. The zero-order chi connectivity index (χ0) is 13.7. The van der Waals surface area contributed by atoms with E-state index in [4.69, 9.17) is 15.5 Å². The molecule has 1 unspecified atom stereocenters. The quantitative estimate of drug-likeness (QED) is 0.706. The molecule has 6 nitrogen and oxygen atoms in total. The standard InChI is InChI=1S/C12H11NO5/c13-6-8-3-7(1-2-10(14)15)4-9(5-8)11(16)12(17)18/h3-5,11,16H,1-2H2,(H,14,15)(H,17,18). The monoisotopic (exact) mass is 249 g/mol. The first kappa shape index (κ1) is 13.7. The highest BCUT2D eigenvalue weighted by Gasteiger charge is 2.17. The second-order valence-corrected chi connectivity index (χ2v) is 3.71. The first-order chi connectivity index (χ1) is 8.43. The third-order valence-electron chi connectivity index (χ3n) is 2.32. The van der Waals surface area contributed by atoms with Crippen molar-refractivity contribution < 1.29 is 24.9 Å². The van der Waals surface area contributed by atoms with Crippen molar-refractivity contribution in [3.8, 4) is 6.07 Å². The predicted octanol–water partition coefficient (Wildman–Crippen LogP) is 0.693. The highest BCUT2D eigenvalue weighted by Crippen LogP contribution is 2.18. The van der Waals surface area contributed by atoms with Crippen molar-refractivity contribution in [2.75, 3.05) is 0 Å². The summed E-state index contributed by atoms with van der Waals surface area (Å²) in [5.41, 5.74) is 0.766. The summed E-state index contributed by atoms with van der Waals surface area (Å²) in [7, 11) is 0. The Bertz CT molecular complexity index is 518. The van der Waals surface area contributed by atoms with E-state index in [9.17, 15) is 14.7 Å². The lowest BCUT2D eigenvalue weighted by molar-refractivity contribution is -0.147. The minimum atomic E-state index is -1.72. The third-order valence-corrected chi connectivity index (χ3v) is 2.32. The molecule has 1 aromatic rings. The number of nitrogens with zero attached hydrogens (tertiary/aromatic N) is 1. The van der Waals surface area contributed by atoms with E-state index < -0.39 is 18.0 Å². The van der Waals surface area contributed by atoms with Gasteiger partial charge in [0.25, 0.3) is 0 Å². The number of benzene rings is 1. The molecule has 18 heavy (non-hydrogen) atoms. The number of aliphatic hydroxyl groups excluding tert-OH is 1. The average molecular weight is 249 g/mol. The van der Waals surface area contributed by atoms with Gasteiger partial charge in [-0.05, 0) is 29.7 Å². The van der Waals surface area contributed by atoms with Gasteiger partial charge in [-0.15, -0.1) is 0 Å². The first-order valence-corrected chi connectivity index (χ1v) is 5.10. The summed E-state index contributed by atoms with van der Waals surface area (Å²) in [6, 6.07) is 5.97. The molecule has 6 heteroatoms. The lowest BCUT2D eigenvalue weighted by Crippen LogP contribution is -2.11. The maximum Gasteiger partial charge on any atom is 0.337 e. The fraction of sp³-hybridized carbons (Fsp3) is 0.250. The Morgan fingerprint density at radius 3 is 2.44 bits per heavy atom. The molecule has 0 aliphatic rings. The minimum Gasteiger partial charge on any atom is -0.481 e. The van der Waals surface area contributed by atoms with Gasteiger partial charge in [0, 0.05) is 6.42 Å². The molecule has 1 atom stereocenters. The maximum atomic E-state index is 10.6. The van der Waals surface area contributed by atoms with Gasteiger partial charge in [-0.2, -0.15) is 5.26 Å². The minimum absolute atomic E-state index is 0.0712. The molecule has 3 N–H and O–H groups in total. The number of carboxylic acid groups (broad SMARTS) is 2. The van der Waals surface area contributed by atoms with E-state index >= 15 is 0 Å². The highest BCUT2D eigenvalue weighted by atomic mass is 16.4. The number of aryl methyl sites for hydroxylation is 1. The molecule has 0 aromatic heterocycles. The largest absolute Gasteiger partial charge is 0.481 e. The molecule has 0 saturated carbocycles. The molecule has 0 radical (unpaired) electrons. The number of aliphatic hydroxyl groups is 1. The second-order valence-electron chi connectivity index (χ2n) is 3.71. The summed E-state index contributed by atoms with van der Waals surface area (Å²) in [6.07, 6.45) is -1.68. The molecule has 0 bridgehead atoms. The topological polar surface area (TPSA) is 119 Å². The van der Waals surface area contributed by atoms with Crippen LogP contribution in [0.1, 0.15) is 29.2 Å². The molecule has 1 aromatic carbocycles. The van der Waals surface area contributed by atoms with Crippen LogP contribution in [0.25, 0.3) is 0 Å². The Morgan fingerprint density at radius 2 is 1.94 bits per heavy atom. The number of carboxylic acids is 2. The molecular weight excluding hydrogens is 238 g/mol. The van der Waals surface area contributed by atoms with Gasteiger partial charge in [0.1, 0.15) is 0 Å². The van der Waals surface area contributed by atoms with Crippen LogP contribution in [0.15, 0.2) is 18.2 Å². The summed E-state index contributed by atoms with van der Waals surface area (Å²) in [6.45, 7) is 0. The van der Waals surface area contributed by atoms with Gasteiger partial charge < -0.3 is 15.3 Å². The summed E-state index contributed by atoms with van der Waals surface area (Å²) >= 11 is 0. The van der Waals surface area contributed by atoms with Crippen molar-refractivity contribution in [2.45, 2.75) is 18.9 Å². The summed E-state index contributed by atoms with van der Waals surface area (Å²) < 4.78 is 0. The number of carbonyl (C=O) groups is 2. The molecule has 94 valence electrons. The van der Waals surface area contributed by atoms with Crippen molar-refractivity contribution in [2.24, 2.45) is 0 Å². The molecular formula is C12H11NO5. The summed E-state index contributed by atoms with van der Waals surface area (Å²) in [5.74, 6) is -2.41. The zero-order valence-electron chi connectivity index (χ0n) is 9.33. The van der Waals surface area contributed by atoms with E-state index in [0.29, 0.717) is 5.56 Å². The molecule has 0 aliphatic carbocycles. The van der Waals surface area contributed by atoms with Crippen molar-refractivity contribution in [1.29, 1.82) is 5.26 Å². The Kier molecular flexibility index (Phi) is 4.40. The van der Waals surface area contributed by atoms with Crippen LogP contribution in [-0.2, 0) is 16.0 Å². The van der Waals surface area contributed by atoms with Crippen LogP contribution in [0.4, 0.5) is 0 Å². The van der Waals surface area contributed by atoms with Gasteiger partial charge in [0.2, 0.25) is 0 Å². The molecule has 1 rings (SSSR count). The number of nitriles is 1. The van der Waals surface area contributed by atoms with Crippen molar-refractivity contribution in [3.05, 3.63) is 34.9 Å². The van der Waals surface area contributed by atoms with Crippen molar-refractivity contribution >= 4 is 11.9 Å². The van der Waals surface area contributed by atoms with Crippen molar-refractivity contribution in [3.63, 3.8) is 0 Å². The van der Waals surface area contributed by atoms with E-state index in [2.05, 4.69) is 0 Å². The van der Waals surface area contributed by atoms with Crippen LogP contribution >= 0.6 is 0 Å². The van der Waals surface area contributed by atoms with Crippen LogP contribution in [-0.4, -0.2) is 27.3 Å². The predicted molar refractivity (Wildman–Crippen MR) is 59.7 cm³/mol. The Morgan fingerprint density at radius 1 is 1.28 bits per heavy atom. The van der Waals surface area contributed by atoms with Crippen LogP contribution in [0.3, 0.4) is 0 Å². The average Bonchev–Trinajstić information content (AvgIpc) is 2.34. The Balaban J connectivity index is 3.06. The zero-order valence-corrected chi connectivity index (χ0v) is 9.33. The lowest BCUT2D eigenvalue weighted by Gasteiger charge is -2.08. The van der Waals surface area contributed by atoms with E-state index in [0.717, 1.165) is 0 Å². The molecule has 0 fully saturated rings. The number of aliphatic carboxylic acids is 2. The number of hydrogen-bond acceptors (Lipinski definition) is 4. The molecule has 0 heterocycles. The lowest BCUT2D eigenvalue weighted by atomic mass is 10.00. The fourth-order valence-corrected chi connectivity index (χ4v) is 1.48. The van der Waals surface area contributed by atoms with Crippen molar-refractivity contribution in [1.82, 2.24) is 0 Å². The normalized spacial score (nSPS) is 11.6. The fourth-order valence-electron chi connectivity index (χ4n) is 1.48. The van der Waals surface area contributed by atoms with Gasteiger partial charge >= 0.3 is 11.9 Å². The van der Waals surface area contributed by atoms with Crippen LogP contribution in [0, 0.1) is 11.3 Å². The van der Waals surface area contributed by atoms with Gasteiger partial charge in [-0.25, -0.2) is 4.79 Å².